The quantitative estimate of drug-likeness (QED) is 0.527. The van der Waals surface area contributed by atoms with Crippen molar-refractivity contribution in [3.05, 3.63) is 71.8 Å². The summed E-state index contributed by atoms with van der Waals surface area (Å²) in [4.78, 5) is 4.22. The molecular weight excluding hydrogens is 380 g/mol. The molecule has 1 N–H and O–H groups in total. The summed E-state index contributed by atoms with van der Waals surface area (Å²) in [5.74, 6) is -0.387. The van der Waals surface area contributed by atoms with Crippen LogP contribution in [0.4, 0.5) is 14.8 Å². The zero-order valence-corrected chi connectivity index (χ0v) is 15.7. The lowest BCUT2D eigenvalue weighted by atomic mass is 10.2. The summed E-state index contributed by atoms with van der Waals surface area (Å²) in [5.41, 5.74) is 2.66. The average molecular weight is 397 g/mol. The fourth-order valence-electron chi connectivity index (χ4n) is 2.82. The second-order valence-corrected chi connectivity index (χ2v) is 6.31. The van der Waals surface area contributed by atoms with E-state index in [1.54, 1.807) is 19.5 Å². The van der Waals surface area contributed by atoms with Crippen LogP contribution in [0.25, 0.3) is 17.1 Å². The molecule has 29 heavy (non-hydrogen) atoms. The van der Waals surface area contributed by atoms with E-state index in [1.165, 1.54) is 12.1 Å². The SMILES string of the molecule is COc1cc(-c2nnc(NCc3ccc(F)cc3F)o2)ccc1-n1cnc(C)c1. The maximum Gasteiger partial charge on any atom is 0.316 e. The maximum atomic E-state index is 13.7. The normalized spacial score (nSPS) is 10.9. The summed E-state index contributed by atoms with van der Waals surface area (Å²) < 4.78 is 39.6. The Morgan fingerprint density at radius 1 is 1.14 bits per heavy atom. The van der Waals surface area contributed by atoms with Crippen molar-refractivity contribution < 1.29 is 17.9 Å². The molecule has 0 radical (unpaired) electrons. The predicted octanol–water partition coefficient (Wildman–Crippen LogP) is 4.13. The molecule has 2 aromatic carbocycles. The Morgan fingerprint density at radius 3 is 2.72 bits per heavy atom. The Labute approximate surface area is 165 Å². The number of hydrogen-bond donors (Lipinski definition) is 1. The van der Waals surface area contributed by atoms with Crippen LogP contribution in [0.5, 0.6) is 5.75 Å². The third kappa shape index (κ3) is 3.93. The highest BCUT2D eigenvalue weighted by atomic mass is 19.1. The highest BCUT2D eigenvalue weighted by Crippen LogP contribution is 2.30. The van der Waals surface area contributed by atoms with Gasteiger partial charge in [-0.15, -0.1) is 5.10 Å². The molecule has 0 spiro atoms. The second-order valence-electron chi connectivity index (χ2n) is 6.31. The number of rotatable bonds is 6. The van der Waals surface area contributed by atoms with E-state index < -0.39 is 11.6 Å². The van der Waals surface area contributed by atoms with Gasteiger partial charge in [0.1, 0.15) is 17.4 Å². The lowest BCUT2D eigenvalue weighted by molar-refractivity contribution is 0.413. The first-order chi connectivity index (χ1) is 14.0. The topological polar surface area (TPSA) is 78.0 Å². The molecule has 0 amide bonds. The molecule has 0 unspecified atom stereocenters. The Kier molecular flexibility index (Phi) is 4.94. The smallest absolute Gasteiger partial charge is 0.316 e. The lowest BCUT2D eigenvalue weighted by Gasteiger charge is -2.10. The molecule has 4 aromatic rings. The van der Waals surface area contributed by atoms with Gasteiger partial charge in [-0.05, 0) is 31.2 Å². The first-order valence-electron chi connectivity index (χ1n) is 8.74. The van der Waals surface area contributed by atoms with E-state index in [0.717, 1.165) is 17.4 Å². The van der Waals surface area contributed by atoms with Crippen LogP contribution in [0, 0.1) is 18.6 Å². The van der Waals surface area contributed by atoms with E-state index in [0.29, 0.717) is 11.3 Å². The largest absolute Gasteiger partial charge is 0.495 e. The summed E-state index contributed by atoms with van der Waals surface area (Å²) in [5, 5.41) is 10.8. The monoisotopic (exact) mass is 397 g/mol. The van der Waals surface area contributed by atoms with Crippen LogP contribution < -0.4 is 10.1 Å². The van der Waals surface area contributed by atoms with Crippen LogP contribution in [0.2, 0.25) is 0 Å². The Balaban J connectivity index is 1.53. The van der Waals surface area contributed by atoms with Crippen molar-refractivity contribution in [2.24, 2.45) is 0 Å². The van der Waals surface area contributed by atoms with Crippen LogP contribution in [0.3, 0.4) is 0 Å². The zero-order valence-electron chi connectivity index (χ0n) is 15.7. The fraction of sp³-hybridized carbons (Fsp3) is 0.150. The number of halogens is 2. The lowest BCUT2D eigenvalue weighted by Crippen LogP contribution is -2.02. The number of hydrogen-bond acceptors (Lipinski definition) is 6. The van der Waals surface area contributed by atoms with E-state index in [2.05, 4.69) is 20.5 Å². The number of aromatic nitrogens is 4. The van der Waals surface area contributed by atoms with E-state index in [4.69, 9.17) is 9.15 Å². The van der Waals surface area contributed by atoms with Crippen LogP contribution in [0.1, 0.15) is 11.3 Å². The average Bonchev–Trinajstić information content (AvgIpc) is 3.36. The fourth-order valence-corrected chi connectivity index (χ4v) is 2.82. The van der Waals surface area contributed by atoms with Crippen molar-refractivity contribution in [2.45, 2.75) is 13.5 Å². The molecular formula is C20H17F2N5O2. The van der Waals surface area contributed by atoms with Crippen LogP contribution in [0.15, 0.2) is 53.3 Å². The molecule has 0 saturated carbocycles. The van der Waals surface area contributed by atoms with Crippen molar-refractivity contribution in [1.29, 1.82) is 0 Å². The maximum absolute atomic E-state index is 13.7. The summed E-state index contributed by atoms with van der Waals surface area (Å²) >= 11 is 0. The van der Waals surface area contributed by atoms with E-state index in [9.17, 15) is 8.78 Å². The molecule has 2 aromatic heterocycles. The predicted molar refractivity (Wildman–Crippen MR) is 102 cm³/mol. The first kappa shape index (κ1) is 18.6. The van der Waals surface area contributed by atoms with Crippen molar-refractivity contribution in [2.75, 3.05) is 12.4 Å². The number of anilines is 1. The third-order valence-electron chi connectivity index (χ3n) is 4.29. The van der Waals surface area contributed by atoms with Gasteiger partial charge in [0.25, 0.3) is 0 Å². The van der Waals surface area contributed by atoms with Crippen molar-refractivity contribution in [3.63, 3.8) is 0 Å². The number of methoxy groups -OCH3 is 1. The molecule has 2 heterocycles. The van der Waals surface area contributed by atoms with Gasteiger partial charge >= 0.3 is 6.01 Å². The van der Waals surface area contributed by atoms with Gasteiger partial charge in [-0.3, -0.25) is 0 Å². The summed E-state index contributed by atoms with van der Waals surface area (Å²) in [6.45, 7) is 1.98. The van der Waals surface area contributed by atoms with Gasteiger partial charge in [-0.2, -0.15) is 0 Å². The van der Waals surface area contributed by atoms with Crippen molar-refractivity contribution in [3.8, 4) is 22.9 Å². The van der Waals surface area contributed by atoms with Gasteiger partial charge in [-0.25, -0.2) is 13.8 Å². The van der Waals surface area contributed by atoms with Crippen LogP contribution >= 0.6 is 0 Å². The van der Waals surface area contributed by atoms with E-state index in [-0.39, 0.29) is 24.0 Å². The molecule has 0 aliphatic carbocycles. The molecule has 0 bridgehead atoms. The minimum Gasteiger partial charge on any atom is -0.495 e. The summed E-state index contributed by atoms with van der Waals surface area (Å²) in [6, 6.07) is 8.96. The molecule has 0 aliphatic rings. The van der Waals surface area contributed by atoms with E-state index in [1.807, 2.05) is 29.8 Å². The molecule has 0 saturated heterocycles. The minimum absolute atomic E-state index is 0.0794. The van der Waals surface area contributed by atoms with Gasteiger partial charge < -0.3 is 19.0 Å². The molecule has 148 valence electrons. The van der Waals surface area contributed by atoms with Gasteiger partial charge in [0.2, 0.25) is 5.89 Å². The molecule has 4 rings (SSSR count). The number of nitrogens with one attached hydrogen (secondary N) is 1. The minimum atomic E-state index is -0.646. The second kappa shape index (κ2) is 7.70. The summed E-state index contributed by atoms with van der Waals surface area (Å²) in [7, 11) is 1.57. The van der Waals surface area contributed by atoms with Crippen molar-refractivity contribution in [1.82, 2.24) is 19.7 Å². The number of benzene rings is 2. The number of ether oxygens (including phenoxy) is 1. The van der Waals surface area contributed by atoms with Crippen LogP contribution in [-0.4, -0.2) is 26.9 Å². The third-order valence-corrected chi connectivity index (χ3v) is 4.29. The summed E-state index contributed by atoms with van der Waals surface area (Å²) in [6.07, 6.45) is 3.59. The zero-order chi connectivity index (χ0) is 20.4. The van der Waals surface area contributed by atoms with Gasteiger partial charge in [0, 0.05) is 29.9 Å². The Bertz CT molecular complexity index is 1160. The highest BCUT2D eigenvalue weighted by molar-refractivity contribution is 5.62. The molecule has 0 aliphatic heterocycles. The first-order valence-corrected chi connectivity index (χ1v) is 8.74. The van der Waals surface area contributed by atoms with Gasteiger partial charge in [0.15, 0.2) is 0 Å². The van der Waals surface area contributed by atoms with Crippen molar-refractivity contribution >= 4 is 6.01 Å². The molecule has 0 fully saturated rings. The van der Waals surface area contributed by atoms with Gasteiger partial charge in [0.05, 0.1) is 24.8 Å². The van der Waals surface area contributed by atoms with Gasteiger partial charge in [-0.1, -0.05) is 11.2 Å². The molecule has 0 atom stereocenters. The molecule has 9 heteroatoms. The number of imidazole rings is 1. The number of nitrogens with zero attached hydrogens (tertiary/aromatic N) is 4. The Hall–Kier alpha value is -3.75. The Morgan fingerprint density at radius 2 is 2.00 bits per heavy atom. The standard InChI is InChI=1S/C20H17F2N5O2/c1-12-10-27(11-24-12)17-6-4-13(7-18(17)28-2)19-25-26-20(29-19)23-9-14-3-5-15(21)8-16(14)22/h3-8,10-11H,9H2,1-2H3,(H,23,26). The molecule has 7 nitrogen and oxygen atoms in total. The van der Waals surface area contributed by atoms with E-state index >= 15 is 0 Å². The highest BCUT2D eigenvalue weighted by Gasteiger charge is 2.13. The van der Waals surface area contributed by atoms with Crippen LogP contribution in [-0.2, 0) is 6.54 Å². The number of aryl methyl sites for hydroxylation is 1.